The van der Waals surface area contributed by atoms with Gasteiger partial charge in [-0.3, -0.25) is 0 Å². The first-order valence-electron chi connectivity index (χ1n) is 5.06. The van der Waals surface area contributed by atoms with Crippen molar-refractivity contribution in [1.29, 1.82) is 0 Å². The number of nitrogens with one attached hydrogen (secondary N) is 1. The normalized spacial score (nSPS) is 11.1. The van der Waals surface area contributed by atoms with Gasteiger partial charge in [-0.15, -0.1) is 0 Å². The zero-order chi connectivity index (χ0) is 10.7. The maximum atomic E-state index is 6.08. The molecule has 1 aromatic carbocycles. The summed E-state index contributed by atoms with van der Waals surface area (Å²) in [5.41, 5.74) is 2.35. The highest BCUT2D eigenvalue weighted by atomic mass is 35.5. The van der Waals surface area contributed by atoms with Gasteiger partial charge in [0.05, 0.1) is 10.7 Å². The van der Waals surface area contributed by atoms with Crippen molar-refractivity contribution < 1.29 is 0 Å². The van der Waals surface area contributed by atoms with Gasteiger partial charge in [0.1, 0.15) is 0 Å². The summed E-state index contributed by atoms with van der Waals surface area (Å²) in [5, 5.41) is 4.13. The molecule has 1 nitrogen and oxygen atoms in total. The SMILES string of the molecule is CC(C)Nc1cc(C(C)C)ccc1Cl. The van der Waals surface area contributed by atoms with E-state index in [1.54, 1.807) is 0 Å². The number of hydrogen-bond donors (Lipinski definition) is 1. The fourth-order valence-corrected chi connectivity index (χ4v) is 1.50. The van der Waals surface area contributed by atoms with Gasteiger partial charge in [0.15, 0.2) is 0 Å². The third-order valence-electron chi connectivity index (χ3n) is 2.10. The Morgan fingerprint density at radius 3 is 2.29 bits per heavy atom. The molecule has 0 saturated carbocycles. The molecular weight excluding hydrogens is 194 g/mol. The molecule has 0 unspecified atom stereocenters. The van der Waals surface area contributed by atoms with E-state index in [1.807, 2.05) is 6.07 Å². The molecule has 2 heteroatoms. The van der Waals surface area contributed by atoms with Crippen LogP contribution in [0.1, 0.15) is 39.2 Å². The summed E-state index contributed by atoms with van der Waals surface area (Å²) in [6.45, 7) is 8.58. The molecule has 78 valence electrons. The van der Waals surface area contributed by atoms with Crippen LogP contribution in [0.15, 0.2) is 18.2 Å². The topological polar surface area (TPSA) is 12.0 Å². The van der Waals surface area contributed by atoms with E-state index in [4.69, 9.17) is 11.6 Å². The quantitative estimate of drug-likeness (QED) is 0.787. The Labute approximate surface area is 91.5 Å². The van der Waals surface area contributed by atoms with Crippen molar-refractivity contribution in [3.63, 3.8) is 0 Å². The second-order valence-corrected chi connectivity index (χ2v) is 4.60. The van der Waals surface area contributed by atoms with Crippen molar-refractivity contribution in [3.8, 4) is 0 Å². The van der Waals surface area contributed by atoms with E-state index in [0.717, 1.165) is 10.7 Å². The third-order valence-corrected chi connectivity index (χ3v) is 2.43. The summed E-state index contributed by atoms with van der Waals surface area (Å²) < 4.78 is 0. The van der Waals surface area contributed by atoms with Gasteiger partial charge in [-0.25, -0.2) is 0 Å². The second-order valence-electron chi connectivity index (χ2n) is 4.19. The fourth-order valence-electron chi connectivity index (χ4n) is 1.32. The molecule has 1 rings (SSSR count). The molecule has 0 amide bonds. The summed E-state index contributed by atoms with van der Waals surface area (Å²) in [6.07, 6.45) is 0. The van der Waals surface area contributed by atoms with Crippen molar-refractivity contribution >= 4 is 17.3 Å². The minimum absolute atomic E-state index is 0.412. The Balaban J connectivity index is 2.96. The van der Waals surface area contributed by atoms with Crippen LogP contribution in [0.3, 0.4) is 0 Å². The Bertz CT molecular complexity index is 305. The van der Waals surface area contributed by atoms with Crippen molar-refractivity contribution in [2.24, 2.45) is 0 Å². The van der Waals surface area contributed by atoms with Crippen LogP contribution in [0.4, 0.5) is 5.69 Å². The number of rotatable bonds is 3. The summed E-state index contributed by atoms with van der Waals surface area (Å²) in [4.78, 5) is 0. The van der Waals surface area contributed by atoms with Gasteiger partial charge in [-0.1, -0.05) is 31.5 Å². The Hall–Kier alpha value is -0.690. The first kappa shape index (κ1) is 11.4. The molecule has 1 N–H and O–H groups in total. The minimum Gasteiger partial charge on any atom is -0.382 e. The highest BCUT2D eigenvalue weighted by Crippen LogP contribution is 2.26. The fraction of sp³-hybridized carbons (Fsp3) is 0.500. The summed E-state index contributed by atoms with van der Waals surface area (Å²) in [5.74, 6) is 0.542. The maximum Gasteiger partial charge on any atom is 0.0637 e. The van der Waals surface area contributed by atoms with Crippen molar-refractivity contribution in [2.45, 2.75) is 39.7 Å². The molecule has 1 aromatic rings. The molecule has 0 bridgehead atoms. The van der Waals surface area contributed by atoms with Crippen LogP contribution in [0, 0.1) is 0 Å². The second kappa shape index (κ2) is 4.70. The number of hydrogen-bond acceptors (Lipinski definition) is 1. The molecule has 0 atom stereocenters. The molecular formula is C12H18ClN. The van der Waals surface area contributed by atoms with Gasteiger partial charge < -0.3 is 5.32 Å². The van der Waals surface area contributed by atoms with E-state index in [2.05, 4.69) is 45.1 Å². The van der Waals surface area contributed by atoms with Crippen molar-refractivity contribution in [2.75, 3.05) is 5.32 Å². The van der Waals surface area contributed by atoms with Crippen LogP contribution in [0.5, 0.6) is 0 Å². The third kappa shape index (κ3) is 2.91. The number of benzene rings is 1. The van der Waals surface area contributed by atoms with Gasteiger partial charge in [0, 0.05) is 6.04 Å². The van der Waals surface area contributed by atoms with E-state index in [-0.39, 0.29) is 0 Å². The van der Waals surface area contributed by atoms with Crippen LogP contribution >= 0.6 is 11.6 Å². The molecule has 0 spiro atoms. The lowest BCUT2D eigenvalue weighted by atomic mass is 10.0. The first-order valence-corrected chi connectivity index (χ1v) is 5.44. The highest BCUT2D eigenvalue weighted by molar-refractivity contribution is 6.33. The number of anilines is 1. The van der Waals surface area contributed by atoms with Crippen LogP contribution < -0.4 is 5.32 Å². The van der Waals surface area contributed by atoms with E-state index >= 15 is 0 Å². The zero-order valence-electron chi connectivity index (χ0n) is 9.26. The van der Waals surface area contributed by atoms with E-state index in [9.17, 15) is 0 Å². The van der Waals surface area contributed by atoms with Crippen molar-refractivity contribution in [3.05, 3.63) is 28.8 Å². The Morgan fingerprint density at radius 2 is 1.79 bits per heavy atom. The lowest BCUT2D eigenvalue weighted by Gasteiger charge is -2.14. The van der Waals surface area contributed by atoms with Gasteiger partial charge in [0.25, 0.3) is 0 Å². The molecule has 0 fully saturated rings. The highest BCUT2D eigenvalue weighted by Gasteiger charge is 2.05. The molecule has 0 heterocycles. The van der Waals surface area contributed by atoms with Gasteiger partial charge in [0.2, 0.25) is 0 Å². The number of halogens is 1. The molecule has 0 aliphatic carbocycles. The summed E-state index contributed by atoms with van der Waals surface area (Å²) in [7, 11) is 0. The summed E-state index contributed by atoms with van der Waals surface area (Å²) in [6, 6.07) is 6.59. The van der Waals surface area contributed by atoms with E-state index in [0.29, 0.717) is 12.0 Å². The van der Waals surface area contributed by atoms with Crippen molar-refractivity contribution in [1.82, 2.24) is 0 Å². The monoisotopic (exact) mass is 211 g/mol. The molecule has 14 heavy (non-hydrogen) atoms. The molecule has 0 aliphatic heterocycles. The standard InChI is InChI=1S/C12H18ClN/c1-8(2)10-5-6-11(13)12(7-10)14-9(3)4/h5-9,14H,1-4H3. The molecule has 0 saturated heterocycles. The first-order chi connectivity index (χ1) is 6.50. The van der Waals surface area contributed by atoms with Gasteiger partial charge in [-0.2, -0.15) is 0 Å². The molecule has 0 aromatic heterocycles. The Kier molecular flexibility index (Phi) is 3.82. The predicted molar refractivity (Wildman–Crippen MR) is 64.3 cm³/mol. The lowest BCUT2D eigenvalue weighted by molar-refractivity contribution is 0.861. The minimum atomic E-state index is 0.412. The smallest absolute Gasteiger partial charge is 0.0637 e. The predicted octanol–water partition coefficient (Wildman–Crippen LogP) is 4.28. The Morgan fingerprint density at radius 1 is 1.14 bits per heavy atom. The average molecular weight is 212 g/mol. The van der Waals surface area contributed by atoms with E-state index < -0.39 is 0 Å². The van der Waals surface area contributed by atoms with Crippen LogP contribution in [-0.2, 0) is 0 Å². The summed E-state index contributed by atoms with van der Waals surface area (Å²) >= 11 is 6.08. The molecule has 0 radical (unpaired) electrons. The maximum absolute atomic E-state index is 6.08. The van der Waals surface area contributed by atoms with Gasteiger partial charge >= 0.3 is 0 Å². The van der Waals surface area contributed by atoms with Crippen LogP contribution in [0.25, 0.3) is 0 Å². The lowest BCUT2D eigenvalue weighted by Crippen LogP contribution is -2.10. The molecule has 0 aliphatic rings. The van der Waals surface area contributed by atoms with E-state index in [1.165, 1.54) is 5.56 Å². The van der Waals surface area contributed by atoms with Gasteiger partial charge in [-0.05, 0) is 37.5 Å². The van der Waals surface area contributed by atoms with Crippen LogP contribution in [-0.4, -0.2) is 6.04 Å². The van der Waals surface area contributed by atoms with Crippen LogP contribution in [0.2, 0.25) is 5.02 Å². The average Bonchev–Trinajstić information content (AvgIpc) is 2.07. The largest absolute Gasteiger partial charge is 0.382 e. The zero-order valence-corrected chi connectivity index (χ0v) is 10.0.